The Morgan fingerprint density at radius 1 is 1.29 bits per heavy atom. The molecule has 0 bridgehead atoms. The lowest BCUT2D eigenvalue weighted by atomic mass is 10.0. The maximum Gasteiger partial charge on any atom is 0.171 e. The molecule has 1 aromatic rings. The van der Waals surface area contributed by atoms with Crippen molar-refractivity contribution in [2.45, 2.75) is 19.8 Å². The summed E-state index contributed by atoms with van der Waals surface area (Å²) in [6, 6.07) is 2.39. The highest BCUT2D eigenvalue weighted by atomic mass is 19.1. The largest absolute Gasteiger partial charge is 0.294 e. The summed E-state index contributed by atoms with van der Waals surface area (Å²) in [4.78, 5) is 11.5. The number of rotatable bonds is 2. The van der Waals surface area contributed by atoms with Crippen molar-refractivity contribution in [2.24, 2.45) is 5.92 Å². The molecule has 1 fully saturated rings. The first kappa shape index (κ1) is 9.31. The van der Waals surface area contributed by atoms with E-state index in [1.54, 1.807) is 6.92 Å². The molecule has 0 amide bonds. The average Bonchev–Trinajstić information content (AvgIpc) is 2.83. The van der Waals surface area contributed by atoms with E-state index in [0.717, 1.165) is 12.8 Å². The number of halogens is 2. The Bertz CT molecular complexity index is 371. The van der Waals surface area contributed by atoms with Gasteiger partial charge in [-0.25, -0.2) is 8.78 Å². The minimum Gasteiger partial charge on any atom is -0.294 e. The van der Waals surface area contributed by atoms with E-state index in [9.17, 15) is 13.6 Å². The van der Waals surface area contributed by atoms with E-state index >= 15 is 0 Å². The van der Waals surface area contributed by atoms with Crippen LogP contribution in [0.5, 0.6) is 0 Å². The number of carbonyl (C=O) groups is 1. The zero-order chi connectivity index (χ0) is 10.3. The Hall–Kier alpha value is -1.25. The Morgan fingerprint density at radius 2 is 1.79 bits per heavy atom. The van der Waals surface area contributed by atoms with E-state index < -0.39 is 11.6 Å². The van der Waals surface area contributed by atoms with E-state index in [1.807, 2.05) is 0 Å². The molecule has 1 nitrogen and oxygen atoms in total. The maximum absolute atomic E-state index is 13.3. The molecule has 0 N–H and O–H groups in total. The van der Waals surface area contributed by atoms with Crippen LogP contribution in [0, 0.1) is 24.5 Å². The van der Waals surface area contributed by atoms with Gasteiger partial charge in [-0.15, -0.1) is 0 Å². The summed E-state index contributed by atoms with van der Waals surface area (Å²) in [6.45, 7) is 1.59. The van der Waals surface area contributed by atoms with Gasteiger partial charge < -0.3 is 0 Å². The van der Waals surface area contributed by atoms with Gasteiger partial charge in [-0.05, 0) is 37.5 Å². The molecule has 3 heteroatoms. The number of carbonyl (C=O) groups excluding carboxylic acids is 1. The Labute approximate surface area is 80.7 Å². The Balaban J connectivity index is 2.45. The number of Topliss-reactive ketones (excluding diaryl/α,β-unsaturated/α-hetero) is 1. The molecule has 0 atom stereocenters. The van der Waals surface area contributed by atoms with Gasteiger partial charge in [0.2, 0.25) is 0 Å². The molecule has 0 spiro atoms. The number of ketones is 1. The molecule has 0 radical (unpaired) electrons. The second kappa shape index (κ2) is 3.15. The lowest BCUT2D eigenvalue weighted by molar-refractivity contribution is 0.0959. The van der Waals surface area contributed by atoms with Gasteiger partial charge in [-0.2, -0.15) is 0 Å². The predicted octanol–water partition coefficient (Wildman–Crippen LogP) is 2.87. The van der Waals surface area contributed by atoms with Crippen LogP contribution in [0.25, 0.3) is 0 Å². The number of aryl methyl sites for hydroxylation is 1. The topological polar surface area (TPSA) is 17.1 Å². The summed E-state index contributed by atoms with van der Waals surface area (Å²) in [5, 5.41) is 0. The van der Waals surface area contributed by atoms with Crippen molar-refractivity contribution in [3.63, 3.8) is 0 Å². The SMILES string of the molecule is Cc1cc(F)c(C(=O)C2CC2)c(F)c1. The van der Waals surface area contributed by atoms with Crippen LogP contribution in [0.4, 0.5) is 8.78 Å². The minimum absolute atomic E-state index is 0.151. The summed E-state index contributed by atoms with van der Waals surface area (Å²) < 4.78 is 26.6. The fourth-order valence-electron chi connectivity index (χ4n) is 1.48. The highest BCUT2D eigenvalue weighted by Crippen LogP contribution is 2.34. The van der Waals surface area contributed by atoms with Gasteiger partial charge in [0.05, 0.1) is 5.56 Å². The van der Waals surface area contributed by atoms with E-state index in [0.29, 0.717) is 5.56 Å². The molecular weight excluding hydrogens is 186 g/mol. The van der Waals surface area contributed by atoms with E-state index in [-0.39, 0.29) is 17.3 Å². The quantitative estimate of drug-likeness (QED) is 0.665. The second-order valence-corrected chi connectivity index (χ2v) is 3.74. The summed E-state index contributed by atoms with van der Waals surface area (Å²) in [6.07, 6.45) is 1.51. The first-order valence-electron chi connectivity index (χ1n) is 4.59. The summed E-state index contributed by atoms with van der Waals surface area (Å²) >= 11 is 0. The van der Waals surface area contributed by atoms with Gasteiger partial charge in [0.1, 0.15) is 11.6 Å². The fraction of sp³-hybridized carbons (Fsp3) is 0.364. The van der Waals surface area contributed by atoms with Crippen molar-refractivity contribution in [2.75, 3.05) is 0 Å². The van der Waals surface area contributed by atoms with Crippen molar-refractivity contribution >= 4 is 5.78 Å². The van der Waals surface area contributed by atoms with Crippen LogP contribution in [0.1, 0.15) is 28.8 Å². The summed E-state index contributed by atoms with van der Waals surface area (Å²) in [7, 11) is 0. The van der Waals surface area contributed by atoms with Crippen LogP contribution in [-0.2, 0) is 0 Å². The highest BCUT2D eigenvalue weighted by Gasteiger charge is 2.33. The molecule has 1 aliphatic carbocycles. The minimum atomic E-state index is -0.737. The molecule has 1 aromatic carbocycles. The van der Waals surface area contributed by atoms with Gasteiger partial charge in [0, 0.05) is 5.92 Å². The molecule has 0 aliphatic heterocycles. The molecule has 2 rings (SSSR count). The Morgan fingerprint density at radius 3 is 2.21 bits per heavy atom. The van der Waals surface area contributed by atoms with Gasteiger partial charge in [-0.1, -0.05) is 0 Å². The molecule has 1 saturated carbocycles. The third kappa shape index (κ3) is 1.54. The standard InChI is InChI=1S/C11H10F2O/c1-6-4-8(12)10(9(13)5-6)11(14)7-2-3-7/h4-5,7H,2-3H2,1H3. The zero-order valence-corrected chi connectivity index (χ0v) is 7.81. The third-order valence-corrected chi connectivity index (χ3v) is 2.38. The predicted molar refractivity (Wildman–Crippen MR) is 48.1 cm³/mol. The van der Waals surface area contributed by atoms with Crippen LogP contribution in [0.2, 0.25) is 0 Å². The smallest absolute Gasteiger partial charge is 0.171 e. The molecular formula is C11H10F2O. The van der Waals surface area contributed by atoms with Crippen LogP contribution < -0.4 is 0 Å². The van der Waals surface area contributed by atoms with Crippen molar-refractivity contribution in [3.8, 4) is 0 Å². The van der Waals surface area contributed by atoms with Crippen molar-refractivity contribution in [1.82, 2.24) is 0 Å². The molecule has 0 unspecified atom stereocenters. The molecule has 0 aromatic heterocycles. The highest BCUT2D eigenvalue weighted by molar-refractivity contribution is 5.99. The average molecular weight is 196 g/mol. The lowest BCUT2D eigenvalue weighted by Gasteiger charge is -2.03. The molecule has 14 heavy (non-hydrogen) atoms. The van der Waals surface area contributed by atoms with E-state index in [1.165, 1.54) is 12.1 Å². The van der Waals surface area contributed by atoms with Gasteiger partial charge in [-0.3, -0.25) is 4.79 Å². The van der Waals surface area contributed by atoms with Gasteiger partial charge in [0.15, 0.2) is 5.78 Å². The molecule has 0 heterocycles. The molecule has 0 saturated heterocycles. The first-order valence-corrected chi connectivity index (χ1v) is 4.59. The second-order valence-electron chi connectivity index (χ2n) is 3.74. The zero-order valence-electron chi connectivity index (χ0n) is 7.81. The summed E-state index contributed by atoms with van der Waals surface area (Å²) in [5.41, 5.74) is 0.130. The van der Waals surface area contributed by atoms with E-state index in [2.05, 4.69) is 0 Å². The van der Waals surface area contributed by atoms with Crippen molar-refractivity contribution in [1.29, 1.82) is 0 Å². The monoisotopic (exact) mass is 196 g/mol. The van der Waals surface area contributed by atoms with Crippen LogP contribution in [0.3, 0.4) is 0 Å². The number of hydrogen-bond acceptors (Lipinski definition) is 1. The Kier molecular flexibility index (Phi) is 2.10. The van der Waals surface area contributed by atoms with Crippen LogP contribution in [-0.4, -0.2) is 5.78 Å². The van der Waals surface area contributed by atoms with Gasteiger partial charge in [0.25, 0.3) is 0 Å². The number of benzene rings is 1. The van der Waals surface area contributed by atoms with E-state index in [4.69, 9.17) is 0 Å². The van der Waals surface area contributed by atoms with Crippen molar-refractivity contribution in [3.05, 3.63) is 34.9 Å². The summed E-state index contributed by atoms with van der Waals surface area (Å²) in [5.74, 6) is -2.01. The maximum atomic E-state index is 13.3. The number of hydrogen-bond donors (Lipinski definition) is 0. The first-order chi connectivity index (χ1) is 6.59. The lowest BCUT2D eigenvalue weighted by Crippen LogP contribution is -2.08. The fourth-order valence-corrected chi connectivity index (χ4v) is 1.48. The van der Waals surface area contributed by atoms with Crippen LogP contribution in [0.15, 0.2) is 12.1 Å². The normalized spacial score (nSPS) is 15.6. The van der Waals surface area contributed by atoms with Gasteiger partial charge >= 0.3 is 0 Å². The van der Waals surface area contributed by atoms with Crippen LogP contribution >= 0.6 is 0 Å². The van der Waals surface area contributed by atoms with Crippen molar-refractivity contribution < 1.29 is 13.6 Å². The molecule has 1 aliphatic rings. The third-order valence-electron chi connectivity index (χ3n) is 2.38. The molecule has 74 valence electrons.